The zero-order valence-corrected chi connectivity index (χ0v) is 14.8. The third-order valence-corrected chi connectivity index (χ3v) is 4.43. The number of ether oxygens (including phenoxy) is 1. The van der Waals surface area contributed by atoms with E-state index in [0.29, 0.717) is 45.2 Å². The number of nitrogens with zero attached hydrogens (tertiary/aromatic N) is 2. The molecule has 6 heteroatoms. The highest BCUT2D eigenvalue weighted by Gasteiger charge is 2.24. The number of fused-ring (bicyclic) bond motifs is 1. The summed E-state index contributed by atoms with van der Waals surface area (Å²) in [6.45, 7) is 7.41. The number of amides is 1. The van der Waals surface area contributed by atoms with E-state index in [1.165, 1.54) is 0 Å². The number of para-hydroxylation sites is 1. The Morgan fingerprint density at radius 1 is 1.16 bits per heavy atom. The van der Waals surface area contributed by atoms with Gasteiger partial charge in [0.05, 0.1) is 13.2 Å². The number of nitrogens with one attached hydrogen (secondary N) is 1. The fourth-order valence-electron chi connectivity index (χ4n) is 3.01. The molecule has 2 heterocycles. The summed E-state index contributed by atoms with van der Waals surface area (Å²) >= 11 is 0. The number of piperazine rings is 1. The Kier molecular flexibility index (Phi) is 5.38. The zero-order chi connectivity index (χ0) is 17.8. The summed E-state index contributed by atoms with van der Waals surface area (Å²) in [5.41, 5.74) is 1.71. The van der Waals surface area contributed by atoms with Gasteiger partial charge in [-0.3, -0.25) is 9.69 Å². The molecule has 1 fully saturated rings. The van der Waals surface area contributed by atoms with Crippen LogP contribution in [-0.2, 0) is 4.74 Å². The topological polar surface area (TPSA) is 65.6 Å². The molecule has 0 bridgehead atoms. The van der Waals surface area contributed by atoms with Crippen molar-refractivity contribution < 1.29 is 14.3 Å². The molecule has 134 valence electrons. The molecule has 2 aromatic rings. The molecule has 1 N–H and O–H groups in total. The lowest BCUT2D eigenvalue weighted by Crippen LogP contribution is -2.50. The molecule has 0 unspecified atom stereocenters. The van der Waals surface area contributed by atoms with E-state index >= 15 is 0 Å². The maximum absolute atomic E-state index is 12.6. The van der Waals surface area contributed by atoms with Crippen molar-refractivity contribution in [3.8, 4) is 0 Å². The van der Waals surface area contributed by atoms with Gasteiger partial charge in [-0.15, -0.1) is 0 Å². The molecule has 1 aromatic carbocycles. The van der Waals surface area contributed by atoms with Crippen molar-refractivity contribution in [1.29, 1.82) is 0 Å². The van der Waals surface area contributed by atoms with E-state index in [-0.39, 0.29) is 11.9 Å². The van der Waals surface area contributed by atoms with Crippen molar-refractivity contribution in [3.63, 3.8) is 0 Å². The van der Waals surface area contributed by atoms with E-state index in [1.807, 2.05) is 38.1 Å². The number of hydrogen-bond acceptors (Lipinski definition) is 4. The standard InChI is InChI=1S/C19H25N3O3/c1-14(2)13-25-19(24)22-9-7-21(8-10-22)12-18(23)16-11-20-17-6-4-3-5-15(16)17/h3-6,11,14,20H,7-10,12-13H2,1-2H3. The smallest absolute Gasteiger partial charge is 0.409 e. The van der Waals surface area contributed by atoms with Gasteiger partial charge in [-0.1, -0.05) is 32.0 Å². The van der Waals surface area contributed by atoms with Crippen LogP contribution in [0.15, 0.2) is 30.5 Å². The average Bonchev–Trinajstić information content (AvgIpc) is 3.04. The molecule has 3 rings (SSSR count). The van der Waals surface area contributed by atoms with Gasteiger partial charge in [0.2, 0.25) is 0 Å². The van der Waals surface area contributed by atoms with Gasteiger partial charge in [-0.25, -0.2) is 4.79 Å². The molecule has 0 spiro atoms. The number of hydrogen-bond donors (Lipinski definition) is 1. The van der Waals surface area contributed by atoms with E-state index in [2.05, 4.69) is 9.88 Å². The maximum Gasteiger partial charge on any atom is 0.409 e. The van der Waals surface area contributed by atoms with E-state index < -0.39 is 0 Å². The molecule has 0 radical (unpaired) electrons. The predicted molar refractivity (Wildman–Crippen MR) is 96.8 cm³/mol. The summed E-state index contributed by atoms with van der Waals surface area (Å²) in [4.78, 5) is 31.5. The van der Waals surface area contributed by atoms with Crippen LogP contribution < -0.4 is 0 Å². The Balaban J connectivity index is 1.52. The minimum Gasteiger partial charge on any atom is -0.449 e. The molecule has 1 aliphatic rings. The quantitative estimate of drug-likeness (QED) is 0.848. The number of aromatic amines is 1. The van der Waals surface area contributed by atoms with Gasteiger partial charge >= 0.3 is 6.09 Å². The molecule has 0 atom stereocenters. The average molecular weight is 343 g/mol. The van der Waals surface area contributed by atoms with Crippen LogP contribution in [0.1, 0.15) is 24.2 Å². The van der Waals surface area contributed by atoms with Gasteiger partial charge in [0.25, 0.3) is 0 Å². The second-order valence-electron chi connectivity index (χ2n) is 6.91. The van der Waals surface area contributed by atoms with Gasteiger partial charge in [0.15, 0.2) is 5.78 Å². The number of Topliss-reactive ketones (excluding diaryl/α,β-unsaturated/α-hetero) is 1. The lowest BCUT2D eigenvalue weighted by atomic mass is 10.1. The number of carbonyl (C=O) groups excluding carboxylic acids is 2. The number of carbonyl (C=O) groups is 2. The summed E-state index contributed by atoms with van der Waals surface area (Å²) in [6, 6.07) is 7.81. The lowest BCUT2D eigenvalue weighted by molar-refractivity contribution is 0.0660. The van der Waals surface area contributed by atoms with Crippen LogP contribution in [-0.4, -0.2) is 66.0 Å². The molecule has 1 aliphatic heterocycles. The van der Waals surface area contributed by atoms with Crippen LogP contribution in [0.25, 0.3) is 10.9 Å². The first-order valence-corrected chi connectivity index (χ1v) is 8.78. The Labute approximate surface area is 147 Å². The van der Waals surface area contributed by atoms with E-state index in [1.54, 1.807) is 11.1 Å². The maximum atomic E-state index is 12.6. The van der Waals surface area contributed by atoms with E-state index in [9.17, 15) is 9.59 Å². The van der Waals surface area contributed by atoms with Crippen molar-refractivity contribution in [2.45, 2.75) is 13.8 Å². The number of rotatable bonds is 5. The second-order valence-corrected chi connectivity index (χ2v) is 6.91. The lowest BCUT2D eigenvalue weighted by Gasteiger charge is -2.33. The predicted octanol–water partition coefficient (Wildman–Crippen LogP) is 2.76. The number of H-pyrrole nitrogens is 1. The number of benzene rings is 1. The van der Waals surface area contributed by atoms with Crippen LogP contribution >= 0.6 is 0 Å². The molecule has 6 nitrogen and oxygen atoms in total. The SMILES string of the molecule is CC(C)COC(=O)N1CCN(CC(=O)c2c[nH]c3ccccc23)CC1. The Morgan fingerprint density at radius 2 is 1.88 bits per heavy atom. The zero-order valence-electron chi connectivity index (χ0n) is 14.8. The molecule has 1 amide bonds. The first kappa shape index (κ1) is 17.5. The third kappa shape index (κ3) is 4.20. The van der Waals surface area contributed by atoms with Crippen LogP contribution in [0, 0.1) is 5.92 Å². The van der Waals surface area contributed by atoms with Crippen molar-refractivity contribution in [2.24, 2.45) is 5.92 Å². The highest BCUT2D eigenvalue weighted by atomic mass is 16.6. The van der Waals surface area contributed by atoms with Gasteiger partial charge in [0, 0.05) is 48.8 Å². The summed E-state index contributed by atoms with van der Waals surface area (Å²) in [7, 11) is 0. The minimum atomic E-state index is -0.253. The summed E-state index contributed by atoms with van der Waals surface area (Å²) in [6.07, 6.45) is 1.53. The van der Waals surface area contributed by atoms with Gasteiger partial charge < -0.3 is 14.6 Å². The molecular weight excluding hydrogens is 318 g/mol. The molecule has 0 aliphatic carbocycles. The summed E-state index contributed by atoms with van der Waals surface area (Å²) in [5.74, 6) is 0.437. The fraction of sp³-hybridized carbons (Fsp3) is 0.474. The van der Waals surface area contributed by atoms with Crippen molar-refractivity contribution in [1.82, 2.24) is 14.8 Å². The van der Waals surface area contributed by atoms with E-state index in [4.69, 9.17) is 4.74 Å². The molecule has 25 heavy (non-hydrogen) atoms. The molecule has 0 saturated carbocycles. The van der Waals surface area contributed by atoms with Crippen LogP contribution in [0.3, 0.4) is 0 Å². The monoisotopic (exact) mass is 343 g/mol. The minimum absolute atomic E-state index is 0.105. The van der Waals surface area contributed by atoms with Gasteiger partial charge in [-0.2, -0.15) is 0 Å². The molecular formula is C19H25N3O3. The highest BCUT2D eigenvalue weighted by molar-refractivity contribution is 6.08. The fourth-order valence-corrected chi connectivity index (χ4v) is 3.01. The Morgan fingerprint density at radius 3 is 2.60 bits per heavy atom. The second kappa shape index (κ2) is 7.70. The van der Waals surface area contributed by atoms with Crippen molar-refractivity contribution in [2.75, 3.05) is 39.3 Å². The number of aromatic nitrogens is 1. The highest BCUT2D eigenvalue weighted by Crippen LogP contribution is 2.18. The van der Waals surface area contributed by atoms with Crippen molar-refractivity contribution in [3.05, 3.63) is 36.0 Å². The van der Waals surface area contributed by atoms with Crippen molar-refractivity contribution >= 4 is 22.8 Å². The van der Waals surface area contributed by atoms with Crippen LogP contribution in [0.4, 0.5) is 4.79 Å². The first-order valence-electron chi connectivity index (χ1n) is 8.78. The summed E-state index contributed by atoms with van der Waals surface area (Å²) < 4.78 is 5.26. The third-order valence-electron chi connectivity index (χ3n) is 4.43. The normalized spacial score (nSPS) is 15.7. The van der Waals surface area contributed by atoms with Gasteiger partial charge in [-0.05, 0) is 12.0 Å². The Hall–Kier alpha value is -2.34. The summed E-state index contributed by atoms with van der Waals surface area (Å²) in [5, 5.41) is 0.961. The number of ketones is 1. The first-order chi connectivity index (χ1) is 12.0. The molecule has 1 saturated heterocycles. The Bertz CT molecular complexity index is 745. The largest absolute Gasteiger partial charge is 0.449 e. The van der Waals surface area contributed by atoms with Crippen LogP contribution in [0.2, 0.25) is 0 Å². The molecule has 1 aromatic heterocycles. The van der Waals surface area contributed by atoms with Crippen LogP contribution in [0.5, 0.6) is 0 Å². The van der Waals surface area contributed by atoms with Gasteiger partial charge in [0.1, 0.15) is 0 Å². The van der Waals surface area contributed by atoms with E-state index in [0.717, 1.165) is 16.5 Å².